The van der Waals surface area contributed by atoms with Crippen LogP contribution in [0.1, 0.15) is 0 Å². The predicted molar refractivity (Wildman–Crippen MR) is 55.9 cm³/mol. The molecule has 0 aliphatic carbocycles. The molecule has 0 bridgehead atoms. The molecule has 113 valence electrons. The zero-order valence-corrected chi connectivity index (χ0v) is 19.4. The Morgan fingerprint density at radius 2 is 1.24 bits per heavy atom. The number of carbonyl (C=O) groups is 3. The second-order valence-corrected chi connectivity index (χ2v) is 2.78. The Labute approximate surface area is 196 Å². The van der Waals surface area contributed by atoms with E-state index in [-0.39, 0.29) is 105 Å². The van der Waals surface area contributed by atoms with Gasteiger partial charge in [0.1, 0.15) is 0 Å². The number of carboxylic acids is 3. The van der Waals surface area contributed by atoms with Crippen molar-refractivity contribution in [3.8, 4) is 0 Å². The molecule has 0 amide bonds. The van der Waals surface area contributed by atoms with Crippen LogP contribution in [0.3, 0.4) is 0 Å². The van der Waals surface area contributed by atoms with Crippen molar-refractivity contribution >= 4 is 24.4 Å². The van der Waals surface area contributed by atoms with Crippen LogP contribution in [-0.2, 0) is 117 Å². The van der Waals surface area contributed by atoms with Crippen molar-refractivity contribution in [2.45, 2.75) is 0 Å². The van der Waals surface area contributed by atoms with Crippen LogP contribution in [0, 0.1) is 0 Å². The maximum absolute atomic E-state index is 10.3. The summed E-state index contributed by atoms with van der Waals surface area (Å²) in [6, 6.07) is 0. The van der Waals surface area contributed by atoms with Crippen LogP contribution in [0.5, 0.6) is 0 Å². The second kappa shape index (κ2) is 23.4. The minimum Gasteiger partial charge on any atom is -0.665 e. The van der Waals surface area contributed by atoms with Gasteiger partial charge in [-0.05, 0) is 6.54 Å². The smallest absolute Gasteiger partial charge is 0.317 e. The number of nitrogens with zero attached hydrogens (tertiary/aromatic N) is 2. The van der Waals surface area contributed by atoms with E-state index >= 15 is 0 Å². The first-order valence-electron chi connectivity index (χ1n) is 4.35. The topological polar surface area (TPSA) is 167 Å². The van der Waals surface area contributed by atoms with Crippen molar-refractivity contribution in [3.63, 3.8) is 0 Å². The number of hydrogen-bond donors (Lipinski definition) is 4. The molecule has 0 aromatic carbocycles. The summed E-state index contributed by atoms with van der Waals surface area (Å²) in [5.41, 5.74) is 0. The van der Waals surface area contributed by atoms with E-state index in [1.54, 1.807) is 0 Å². The Hall–Kier alpha value is 1.11. The van der Waals surface area contributed by atoms with Crippen molar-refractivity contribution in [1.82, 2.24) is 4.90 Å². The molecule has 0 aliphatic heterocycles. The molecule has 10 nitrogen and oxygen atoms in total. The maximum atomic E-state index is 10.3. The van der Waals surface area contributed by atoms with E-state index in [9.17, 15) is 14.4 Å². The molecule has 0 saturated carbocycles. The van der Waals surface area contributed by atoms with Crippen LogP contribution in [-0.4, -0.2) is 76.0 Å². The van der Waals surface area contributed by atoms with E-state index in [0.29, 0.717) is 6.47 Å². The van der Waals surface area contributed by atoms with Crippen LogP contribution in [0.15, 0.2) is 0 Å². The van der Waals surface area contributed by atoms with Crippen LogP contribution in [0.25, 0.3) is 5.32 Å². The minimum atomic E-state index is -1.19. The molecule has 0 spiro atoms. The van der Waals surface area contributed by atoms with Gasteiger partial charge < -0.3 is 35.4 Å². The number of carboxylic acid groups (broad SMARTS) is 3. The van der Waals surface area contributed by atoms with Crippen LogP contribution >= 0.6 is 0 Å². The Balaban J connectivity index is -0.000000130. The summed E-state index contributed by atoms with van der Waals surface area (Å²) in [4.78, 5) is 39.9. The number of aliphatic hydroxyl groups excluding tert-OH is 1. The molecule has 3 radical (unpaired) electrons. The molecule has 0 atom stereocenters. The molecule has 4 N–H and O–H groups in total. The summed E-state index contributed by atoms with van der Waals surface area (Å²) in [6.45, 7) is -1.19. The van der Waals surface area contributed by atoms with Gasteiger partial charge in [-0.25, -0.2) is 0 Å². The van der Waals surface area contributed by atoms with Gasteiger partial charge in [0.2, 0.25) is 0 Å². The third-order valence-electron chi connectivity index (χ3n) is 1.26. The van der Waals surface area contributed by atoms with Gasteiger partial charge in [0.25, 0.3) is 5.97 Å². The monoisotopic (exact) mass is 531 g/mol. The average Bonchev–Trinajstić information content (AvgIpc) is 2.15. The zero-order valence-electron chi connectivity index (χ0n) is 10.9. The summed E-state index contributed by atoms with van der Waals surface area (Å²) >= 11 is 0. The van der Waals surface area contributed by atoms with E-state index in [1.807, 2.05) is 0 Å². The summed E-state index contributed by atoms with van der Waals surface area (Å²) in [6.07, 6.45) is 0. The van der Waals surface area contributed by atoms with Gasteiger partial charge in [-0.1, -0.05) is 13.1 Å². The molecule has 21 heavy (non-hydrogen) atoms. The molecule has 0 aromatic heterocycles. The Morgan fingerprint density at radius 3 is 1.48 bits per heavy atom. The predicted octanol–water partition coefficient (Wildman–Crippen LogP) is -1.52. The Morgan fingerprint density at radius 1 is 0.905 bits per heavy atom. The van der Waals surface area contributed by atoms with Gasteiger partial charge >= 0.3 is 11.9 Å². The van der Waals surface area contributed by atoms with E-state index < -0.39 is 37.5 Å². The van der Waals surface area contributed by atoms with Gasteiger partial charge in [-0.2, -0.15) is 0 Å². The van der Waals surface area contributed by atoms with E-state index in [2.05, 4.69) is 5.32 Å². The first-order chi connectivity index (χ1) is 8.33. The summed E-state index contributed by atoms with van der Waals surface area (Å²) in [5.74, 6) is -3.54. The molecule has 0 aliphatic rings. The van der Waals surface area contributed by atoms with Crippen LogP contribution in [0.4, 0.5) is 0 Å². The number of rotatable bonds is 8. The quantitative estimate of drug-likeness (QED) is 0.272. The fraction of sp³-hybridized carbons (Fsp3) is 0.500. The summed E-state index contributed by atoms with van der Waals surface area (Å²) < 4.78 is 0. The molecule has 13 heteroatoms. The van der Waals surface area contributed by atoms with Gasteiger partial charge in [-0.15, -0.1) is 0 Å². The van der Waals surface area contributed by atoms with Crippen LogP contribution in [0.2, 0.25) is 0 Å². The first kappa shape index (κ1) is 33.7. The van der Waals surface area contributed by atoms with Gasteiger partial charge in [0.05, 0.1) is 13.1 Å². The van der Waals surface area contributed by atoms with Crippen molar-refractivity contribution in [2.24, 2.45) is 0 Å². The molecular formula is C8H12N2O8Y3-2. The fourth-order valence-electron chi connectivity index (χ4n) is 0.826. The van der Waals surface area contributed by atoms with Crippen molar-refractivity contribution in [3.05, 3.63) is 5.32 Å². The van der Waals surface area contributed by atoms with E-state index in [1.165, 1.54) is 0 Å². The minimum absolute atomic E-state index is 0. The van der Waals surface area contributed by atoms with E-state index in [0.717, 1.165) is 4.90 Å². The van der Waals surface area contributed by atoms with Crippen molar-refractivity contribution in [2.75, 3.05) is 26.3 Å². The summed E-state index contributed by atoms with van der Waals surface area (Å²) in [5, 5.41) is 35.3. The Bertz CT molecular complexity index is 289. The molecule has 0 saturated heterocycles. The molecule has 0 heterocycles. The van der Waals surface area contributed by atoms with E-state index in [4.69, 9.17) is 25.2 Å². The van der Waals surface area contributed by atoms with Gasteiger partial charge in [-0.3, -0.25) is 14.4 Å². The summed E-state index contributed by atoms with van der Waals surface area (Å²) in [7, 11) is 0. The van der Waals surface area contributed by atoms with Crippen LogP contribution < -0.4 is 0 Å². The van der Waals surface area contributed by atoms with Crippen molar-refractivity contribution < 1.29 is 138 Å². The largest absolute Gasteiger partial charge is 0.665 e. The Kier molecular flexibility index (Phi) is 37.5. The normalized spacial score (nSPS) is 7.86. The zero-order chi connectivity index (χ0) is 14.6. The second-order valence-electron chi connectivity index (χ2n) is 2.78. The molecular weight excluding hydrogens is 519 g/mol. The average molecular weight is 531 g/mol. The van der Waals surface area contributed by atoms with Crippen molar-refractivity contribution in [1.29, 1.82) is 0 Å². The number of aliphatic carboxylic acids is 3. The molecule has 0 unspecified atom stereocenters. The third kappa shape index (κ3) is 33.8. The SMILES string of the molecule is O=C(O)C[N-]CN(CC(=O)O)CC(=O)O.O=[C-]O.[Y].[Y].[Y]. The number of hydrogen-bond acceptors (Lipinski definition) is 5. The first-order valence-corrected chi connectivity index (χ1v) is 4.35. The maximum Gasteiger partial charge on any atom is 0.317 e. The van der Waals surface area contributed by atoms with Gasteiger partial charge in [0.15, 0.2) is 0 Å². The standard InChI is InChI=1S/C7H11N2O6.CHO2.3Y/c10-5(11)1-8-4-9(2-6(12)13)3-7(14)15;2-1-3;;;/h1-4H2,(H,10,11)(H,12,13)(H,14,15);(H,2,3);;;/q2*-1;;;. The third-order valence-corrected chi connectivity index (χ3v) is 1.26. The fourth-order valence-corrected chi connectivity index (χ4v) is 0.826. The molecule has 0 rings (SSSR count). The molecule has 0 aromatic rings. The molecule has 0 fully saturated rings. The van der Waals surface area contributed by atoms with Gasteiger partial charge in [0, 0.05) is 98.1 Å².